The van der Waals surface area contributed by atoms with E-state index in [2.05, 4.69) is 10.3 Å². The van der Waals surface area contributed by atoms with E-state index in [1.54, 1.807) is 13.0 Å². The summed E-state index contributed by atoms with van der Waals surface area (Å²) in [5, 5.41) is 3.02. The molecule has 0 unspecified atom stereocenters. The third-order valence-corrected chi connectivity index (χ3v) is 2.91. The van der Waals surface area contributed by atoms with Gasteiger partial charge in [-0.15, -0.1) is 0 Å². The maximum absolute atomic E-state index is 12.3. The molecule has 96 valence electrons. The van der Waals surface area contributed by atoms with E-state index >= 15 is 0 Å². The highest BCUT2D eigenvalue weighted by Gasteiger charge is 2.21. The number of hydrogen-bond donors (Lipinski definition) is 1. The number of nitrogens with one attached hydrogen (secondary N) is 1. The van der Waals surface area contributed by atoms with Crippen LogP contribution in [0.2, 0.25) is 5.15 Å². The van der Waals surface area contributed by atoms with Gasteiger partial charge in [0.25, 0.3) is 5.91 Å². The Labute approximate surface area is 110 Å². The molecule has 2 rings (SSSR count). The lowest BCUT2D eigenvalue weighted by Crippen LogP contribution is -2.37. The van der Waals surface area contributed by atoms with Crippen LogP contribution in [-0.4, -0.2) is 41.3 Å². The van der Waals surface area contributed by atoms with Gasteiger partial charge in [0.1, 0.15) is 5.15 Å². The van der Waals surface area contributed by atoms with Gasteiger partial charge in [-0.05, 0) is 25.5 Å². The molecule has 0 saturated carbocycles. The molecule has 0 atom stereocenters. The molecule has 1 N–H and O–H groups in total. The molecule has 1 aromatic heterocycles. The molecule has 0 radical (unpaired) electrons. The molecule has 1 saturated heterocycles. The zero-order valence-electron chi connectivity index (χ0n) is 10.1. The summed E-state index contributed by atoms with van der Waals surface area (Å²) in [5.41, 5.74) is 1.16. The van der Waals surface area contributed by atoms with Gasteiger partial charge in [-0.25, -0.2) is 4.98 Å². The van der Waals surface area contributed by atoms with Crippen LogP contribution in [0.15, 0.2) is 12.1 Å². The van der Waals surface area contributed by atoms with Crippen LogP contribution < -0.4 is 5.32 Å². The Morgan fingerprint density at radius 1 is 1.50 bits per heavy atom. The Morgan fingerprint density at radius 3 is 3.00 bits per heavy atom. The highest BCUT2D eigenvalue weighted by atomic mass is 35.5. The highest BCUT2D eigenvalue weighted by molar-refractivity contribution is 6.29. The zero-order valence-corrected chi connectivity index (χ0v) is 10.8. The first-order chi connectivity index (χ1) is 8.56. The van der Waals surface area contributed by atoms with Crippen LogP contribution in [0, 0.1) is 6.92 Å². The Morgan fingerprint density at radius 2 is 2.28 bits per heavy atom. The maximum atomic E-state index is 12.3. The molecule has 2 amide bonds. The fraction of sp³-hybridized carbons (Fsp3) is 0.417. The summed E-state index contributed by atoms with van der Waals surface area (Å²) in [5.74, 6) is -0.308. The minimum atomic E-state index is -0.181. The zero-order chi connectivity index (χ0) is 13.1. The lowest BCUT2D eigenvalue weighted by Gasteiger charge is -2.19. The SMILES string of the molecule is Cc1cc(C(=O)N2CCCNC(=O)C2)cc(Cl)n1. The standard InChI is InChI=1S/C12H14ClN3O2/c1-8-5-9(6-10(13)15-8)12(18)16-4-2-3-14-11(17)7-16/h5-6H,2-4,7H2,1H3,(H,14,17). The minimum Gasteiger partial charge on any atom is -0.354 e. The van der Waals surface area contributed by atoms with Gasteiger partial charge in [-0.3, -0.25) is 9.59 Å². The first-order valence-electron chi connectivity index (χ1n) is 5.76. The molecular weight excluding hydrogens is 254 g/mol. The number of nitrogens with zero attached hydrogens (tertiary/aromatic N) is 2. The van der Waals surface area contributed by atoms with E-state index in [1.807, 2.05) is 0 Å². The van der Waals surface area contributed by atoms with Crippen LogP contribution in [-0.2, 0) is 4.79 Å². The van der Waals surface area contributed by atoms with Crippen molar-refractivity contribution in [3.63, 3.8) is 0 Å². The Bertz CT molecular complexity index is 470. The Balaban J connectivity index is 2.21. The first-order valence-corrected chi connectivity index (χ1v) is 6.14. The van der Waals surface area contributed by atoms with Crippen molar-refractivity contribution in [3.05, 3.63) is 28.5 Å². The molecule has 0 spiro atoms. The van der Waals surface area contributed by atoms with E-state index in [4.69, 9.17) is 11.6 Å². The van der Waals surface area contributed by atoms with Crippen LogP contribution >= 0.6 is 11.6 Å². The largest absolute Gasteiger partial charge is 0.354 e. The second kappa shape index (κ2) is 5.35. The predicted molar refractivity (Wildman–Crippen MR) is 67.5 cm³/mol. The molecule has 6 heteroatoms. The number of aryl methyl sites for hydroxylation is 1. The van der Waals surface area contributed by atoms with E-state index in [1.165, 1.54) is 11.0 Å². The lowest BCUT2D eigenvalue weighted by molar-refractivity contribution is -0.121. The maximum Gasteiger partial charge on any atom is 0.254 e. The van der Waals surface area contributed by atoms with Crippen molar-refractivity contribution in [1.82, 2.24) is 15.2 Å². The van der Waals surface area contributed by atoms with Gasteiger partial charge >= 0.3 is 0 Å². The van der Waals surface area contributed by atoms with Gasteiger partial charge in [-0.1, -0.05) is 11.6 Å². The summed E-state index contributed by atoms with van der Waals surface area (Å²) < 4.78 is 0. The molecule has 0 aromatic carbocycles. The van der Waals surface area contributed by atoms with Crippen LogP contribution in [0.25, 0.3) is 0 Å². The van der Waals surface area contributed by atoms with Crippen LogP contribution in [0.4, 0.5) is 0 Å². The van der Waals surface area contributed by atoms with Gasteiger partial charge in [0.2, 0.25) is 5.91 Å². The normalized spacial score (nSPS) is 16.1. The monoisotopic (exact) mass is 267 g/mol. The Hall–Kier alpha value is -1.62. The van der Waals surface area contributed by atoms with Gasteiger partial charge in [0, 0.05) is 24.3 Å². The minimum absolute atomic E-state index is 0.0951. The summed E-state index contributed by atoms with van der Waals surface area (Å²) in [7, 11) is 0. The molecule has 1 aliphatic rings. The summed E-state index contributed by atoms with van der Waals surface area (Å²) in [6, 6.07) is 3.21. The van der Waals surface area contributed by atoms with Crippen LogP contribution in [0.1, 0.15) is 22.5 Å². The number of aromatic nitrogens is 1. The topological polar surface area (TPSA) is 62.3 Å². The fourth-order valence-corrected chi connectivity index (χ4v) is 2.16. The van der Waals surface area contributed by atoms with Crippen molar-refractivity contribution in [3.8, 4) is 0 Å². The van der Waals surface area contributed by atoms with Gasteiger partial charge in [0.05, 0.1) is 6.54 Å². The summed E-state index contributed by atoms with van der Waals surface area (Å²) >= 11 is 5.83. The summed E-state index contributed by atoms with van der Waals surface area (Å²) in [6.07, 6.45) is 0.759. The molecule has 1 aromatic rings. The summed E-state index contributed by atoms with van der Waals surface area (Å²) in [4.78, 5) is 29.2. The van der Waals surface area contributed by atoms with Crippen molar-refractivity contribution < 1.29 is 9.59 Å². The number of halogens is 1. The van der Waals surface area contributed by atoms with Crippen LogP contribution in [0.3, 0.4) is 0 Å². The number of carbonyl (C=O) groups is 2. The Kier molecular flexibility index (Phi) is 3.81. The average molecular weight is 268 g/mol. The second-order valence-electron chi connectivity index (χ2n) is 4.25. The van der Waals surface area contributed by atoms with Crippen molar-refractivity contribution in [2.75, 3.05) is 19.6 Å². The van der Waals surface area contributed by atoms with E-state index in [9.17, 15) is 9.59 Å². The number of amides is 2. The van der Waals surface area contributed by atoms with Crippen molar-refractivity contribution >= 4 is 23.4 Å². The third kappa shape index (κ3) is 2.98. The van der Waals surface area contributed by atoms with Gasteiger partial charge < -0.3 is 10.2 Å². The van der Waals surface area contributed by atoms with E-state index < -0.39 is 0 Å². The second-order valence-corrected chi connectivity index (χ2v) is 4.64. The first kappa shape index (κ1) is 12.8. The molecule has 5 nitrogen and oxygen atoms in total. The molecule has 1 fully saturated rings. The number of hydrogen-bond acceptors (Lipinski definition) is 3. The molecule has 1 aliphatic heterocycles. The molecule has 0 bridgehead atoms. The van der Waals surface area contributed by atoms with Gasteiger partial charge in [-0.2, -0.15) is 0 Å². The van der Waals surface area contributed by atoms with E-state index in [-0.39, 0.29) is 23.5 Å². The average Bonchev–Trinajstić information content (AvgIpc) is 2.51. The lowest BCUT2D eigenvalue weighted by atomic mass is 10.2. The molecule has 18 heavy (non-hydrogen) atoms. The predicted octanol–water partition coefficient (Wildman–Crippen LogP) is 1.01. The fourth-order valence-electron chi connectivity index (χ4n) is 1.91. The molecule has 0 aliphatic carbocycles. The quantitative estimate of drug-likeness (QED) is 0.773. The van der Waals surface area contributed by atoms with Crippen molar-refractivity contribution in [1.29, 1.82) is 0 Å². The molecular formula is C12H14ClN3O2. The highest BCUT2D eigenvalue weighted by Crippen LogP contribution is 2.13. The number of carbonyl (C=O) groups excluding carboxylic acids is 2. The smallest absolute Gasteiger partial charge is 0.254 e. The van der Waals surface area contributed by atoms with E-state index in [0.29, 0.717) is 24.3 Å². The van der Waals surface area contributed by atoms with Gasteiger partial charge in [0.15, 0.2) is 0 Å². The van der Waals surface area contributed by atoms with Crippen molar-refractivity contribution in [2.45, 2.75) is 13.3 Å². The number of pyridine rings is 1. The summed E-state index contributed by atoms with van der Waals surface area (Å²) in [6.45, 7) is 3.05. The third-order valence-electron chi connectivity index (χ3n) is 2.72. The number of rotatable bonds is 1. The van der Waals surface area contributed by atoms with Crippen LogP contribution in [0.5, 0.6) is 0 Å². The van der Waals surface area contributed by atoms with Crippen molar-refractivity contribution in [2.24, 2.45) is 0 Å². The molecule has 2 heterocycles. The van der Waals surface area contributed by atoms with E-state index in [0.717, 1.165) is 6.42 Å².